The van der Waals surface area contributed by atoms with Gasteiger partial charge in [0.1, 0.15) is 0 Å². The predicted molar refractivity (Wildman–Crippen MR) is 110 cm³/mol. The van der Waals surface area contributed by atoms with Crippen molar-refractivity contribution in [2.24, 2.45) is 0 Å². The average Bonchev–Trinajstić information content (AvgIpc) is 3.26. The van der Waals surface area contributed by atoms with E-state index in [1.165, 1.54) is 16.3 Å². The number of fused-ring (bicyclic) bond motifs is 3. The Labute approximate surface area is 165 Å². The molecule has 0 aliphatic rings. The molecule has 1 aromatic carbocycles. The first-order valence-corrected chi connectivity index (χ1v) is 9.79. The minimum Gasteiger partial charge on any atom is -0.362 e. The van der Waals surface area contributed by atoms with E-state index in [0.29, 0.717) is 28.4 Å². The van der Waals surface area contributed by atoms with E-state index in [1.807, 2.05) is 42.5 Å². The largest absolute Gasteiger partial charge is 0.362 e. The molecule has 0 bridgehead atoms. The maximum Gasteiger partial charge on any atom is 0.263 e. The van der Waals surface area contributed by atoms with Crippen LogP contribution in [0.25, 0.3) is 16.7 Å². The fraction of sp³-hybridized carbons (Fsp3) is 0.200. The fourth-order valence-electron chi connectivity index (χ4n) is 3.34. The van der Waals surface area contributed by atoms with Crippen LogP contribution in [0.1, 0.15) is 21.7 Å². The van der Waals surface area contributed by atoms with Crippen LogP contribution in [0.4, 0.5) is 0 Å². The van der Waals surface area contributed by atoms with Crippen LogP contribution in [0.2, 0.25) is 0 Å². The van der Waals surface area contributed by atoms with Crippen molar-refractivity contribution < 1.29 is 4.79 Å². The highest BCUT2D eigenvalue weighted by Gasteiger charge is 2.18. The van der Waals surface area contributed by atoms with Crippen LogP contribution in [0.5, 0.6) is 0 Å². The third-order valence-corrected chi connectivity index (χ3v) is 5.50. The number of aromatic amines is 1. The second kappa shape index (κ2) is 7.12. The number of carbonyl (C=O) groups excluding carboxylic acids is 1. The Bertz CT molecular complexity index is 1280. The Kier molecular flexibility index (Phi) is 4.64. The highest BCUT2D eigenvalue weighted by Crippen LogP contribution is 2.23. The topological polar surface area (TPSA) is 85.0 Å². The first-order chi connectivity index (χ1) is 13.5. The van der Waals surface area contributed by atoms with Crippen LogP contribution in [0.15, 0.2) is 52.9 Å². The Balaban J connectivity index is 1.78. The van der Waals surface area contributed by atoms with Crippen molar-refractivity contribution in [2.45, 2.75) is 25.5 Å². The number of benzene rings is 1. The predicted octanol–water partition coefficient (Wildman–Crippen LogP) is 3.15. The van der Waals surface area contributed by atoms with Gasteiger partial charge in [0, 0.05) is 23.5 Å². The number of rotatable bonds is 6. The number of hydrogen-bond donors (Lipinski definition) is 1. The molecule has 0 spiro atoms. The first kappa shape index (κ1) is 18.2. The summed E-state index contributed by atoms with van der Waals surface area (Å²) >= 11 is 1.31. The van der Waals surface area contributed by atoms with Gasteiger partial charge in [-0.3, -0.25) is 18.6 Å². The summed E-state index contributed by atoms with van der Waals surface area (Å²) < 4.78 is 3.36. The van der Waals surface area contributed by atoms with Crippen molar-refractivity contribution in [3.05, 3.63) is 70.3 Å². The van der Waals surface area contributed by atoms with Gasteiger partial charge < -0.3 is 4.98 Å². The molecule has 0 fully saturated rings. The molecule has 0 unspecified atom stereocenters. The van der Waals surface area contributed by atoms with Crippen LogP contribution < -0.4 is 5.56 Å². The zero-order chi connectivity index (χ0) is 19.8. The Morgan fingerprint density at radius 3 is 2.79 bits per heavy atom. The number of H-pyrrole nitrogens is 1. The molecule has 0 saturated carbocycles. The van der Waals surface area contributed by atoms with Gasteiger partial charge >= 0.3 is 0 Å². The molecular weight excluding hydrogens is 374 g/mol. The van der Waals surface area contributed by atoms with Crippen LogP contribution in [-0.2, 0) is 6.54 Å². The van der Waals surface area contributed by atoms with E-state index < -0.39 is 0 Å². The number of para-hydroxylation sites is 1. The van der Waals surface area contributed by atoms with Crippen LogP contribution in [0.3, 0.4) is 0 Å². The van der Waals surface area contributed by atoms with E-state index >= 15 is 0 Å². The summed E-state index contributed by atoms with van der Waals surface area (Å²) in [6, 6.07) is 9.19. The number of aromatic nitrogens is 5. The molecule has 142 valence electrons. The van der Waals surface area contributed by atoms with E-state index in [1.54, 1.807) is 12.1 Å². The normalized spacial score (nSPS) is 11.4. The lowest BCUT2D eigenvalue weighted by Gasteiger charge is -2.09. The van der Waals surface area contributed by atoms with E-state index in [9.17, 15) is 9.59 Å². The number of hydrogen-bond acceptors (Lipinski definition) is 5. The van der Waals surface area contributed by atoms with Gasteiger partial charge in [0.2, 0.25) is 5.78 Å². The maximum absolute atomic E-state index is 12.8. The summed E-state index contributed by atoms with van der Waals surface area (Å²) in [5.41, 5.74) is 3.09. The van der Waals surface area contributed by atoms with Crippen molar-refractivity contribution >= 4 is 34.2 Å². The molecule has 4 aromatic rings. The minimum atomic E-state index is -0.138. The molecule has 28 heavy (non-hydrogen) atoms. The molecule has 0 atom stereocenters. The molecule has 0 aliphatic heterocycles. The van der Waals surface area contributed by atoms with Gasteiger partial charge in [-0.1, -0.05) is 30.0 Å². The smallest absolute Gasteiger partial charge is 0.263 e. The third-order valence-electron chi connectivity index (χ3n) is 4.57. The van der Waals surface area contributed by atoms with Crippen LogP contribution in [0, 0.1) is 13.8 Å². The zero-order valence-electron chi connectivity index (χ0n) is 15.6. The first-order valence-electron chi connectivity index (χ1n) is 8.81. The molecule has 4 rings (SSSR count). The highest BCUT2D eigenvalue weighted by atomic mass is 32.2. The monoisotopic (exact) mass is 393 g/mol. The Morgan fingerprint density at radius 2 is 2.07 bits per heavy atom. The summed E-state index contributed by atoms with van der Waals surface area (Å²) in [5.74, 6) is 0.688. The average molecular weight is 393 g/mol. The van der Waals surface area contributed by atoms with Gasteiger partial charge in [-0.25, -0.2) is 0 Å². The van der Waals surface area contributed by atoms with Gasteiger partial charge in [-0.15, -0.1) is 16.8 Å². The van der Waals surface area contributed by atoms with E-state index in [0.717, 1.165) is 16.9 Å². The maximum atomic E-state index is 12.8. The molecule has 3 heterocycles. The summed E-state index contributed by atoms with van der Waals surface area (Å²) in [4.78, 5) is 28.6. The molecule has 0 aliphatic carbocycles. The summed E-state index contributed by atoms with van der Waals surface area (Å²) in [7, 11) is 0. The molecule has 0 saturated heterocycles. The number of Topliss-reactive ketones (excluding diaryl/α,β-unsaturated/α-hetero) is 1. The second-order valence-electron chi connectivity index (χ2n) is 6.54. The molecule has 3 aromatic heterocycles. The summed E-state index contributed by atoms with van der Waals surface area (Å²) in [6.07, 6.45) is 1.65. The van der Waals surface area contributed by atoms with E-state index in [2.05, 4.69) is 21.8 Å². The number of ketones is 1. The Morgan fingerprint density at radius 1 is 1.29 bits per heavy atom. The van der Waals surface area contributed by atoms with E-state index in [-0.39, 0.29) is 17.1 Å². The lowest BCUT2D eigenvalue weighted by molar-refractivity contribution is 0.102. The number of nitrogens with zero attached hydrogens (tertiary/aromatic N) is 4. The van der Waals surface area contributed by atoms with Gasteiger partial charge in [0.25, 0.3) is 5.56 Å². The highest BCUT2D eigenvalue weighted by molar-refractivity contribution is 7.99. The molecular formula is C20H19N5O2S. The van der Waals surface area contributed by atoms with Gasteiger partial charge in [0.05, 0.1) is 16.7 Å². The quantitative estimate of drug-likeness (QED) is 0.309. The standard InChI is InChI=1S/C20H19N5O2S/c1-4-9-24-18(27)14-7-5-6-8-16(14)25-19(24)22-23-20(25)28-11-17(26)15-10-12(2)21-13(15)3/h4-8,10,21H,1,9,11H2,2-3H3. The summed E-state index contributed by atoms with van der Waals surface area (Å²) in [5, 5.41) is 9.60. The fourth-order valence-corrected chi connectivity index (χ4v) is 4.17. The number of aryl methyl sites for hydroxylation is 2. The van der Waals surface area contributed by atoms with Gasteiger partial charge in [-0.2, -0.15) is 0 Å². The van der Waals surface area contributed by atoms with Crippen molar-refractivity contribution in [3.63, 3.8) is 0 Å². The Hall–Kier alpha value is -3.13. The molecule has 0 amide bonds. The van der Waals surface area contributed by atoms with Crippen molar-refractivity contribution in [1.29, 1.82) is 0 Å². The molecule has 8 heteroatoms. The van der Waals surface area contributed by atoms with Crippen molar-refractivity contribution in [2.75, 3.05) is 5.75 Å². The lowest BCUT2D eigenvalue weighted by Crippen LogP contribution is -2.22. The SMILES string of the molecule is C=CCn1c(=O)c2ccccc2n2c(SCC(=O)c3cc(C)[nH]c3C)nnc12. The van der Waals surface area contributed by atoms with Crippen molar-refractivity contribution in [1.82, 2.24) is 24.1 Å². The van der Waals surface area contributed by atoms with Gasteiger partial charge in [0.15, 0.2) is 10.9 Å². The molecule has 1 N–H and O–H groups in total. The third kappa shape index (κ3) is 2.95. The summed E-state index contributed by atoms with van der Waals surface area (Å²) in [6.45, 7) is 7.87. The van der Waals surface area contributed by atoms with Crippen LogP contribution in [-0.4, -0.2) is 35.7 Å². The van der Waals surface area contributed by atoms with E-state index in [4.69, 9.17) is 0 Å². The number of nitrogens with one attached hydrogen (secondary N) is 1. The second-order valence-corrected chi connectivity index (χ2v) is 7.48. The zero-order valence-corrected chi connectivity index (χ0v) is 16.4. The lowest BCUT2D eigenvalue weighted by atomic mass is 10.2. The number of carbonyl (C=O) groups is 1. The molecule has 0 radical (unpaired) electrons. The van der Waals surface area contributed by atoms with Crippen LogP contribution >= 0.6 is 11.8 Å². The van der Waals surface area contributed by atoms with Crippen molar-refractivity contribution in [3.8, 4) is 0 Å². The van der Waals surface area contributed by atoms with Gasteiger partial charge in [-0.05, 0) is 32.0 Å². The molecule has 7 nitrogen and oxygen atoms in total. The number of allylic oxidation sites excluding steroid dienone is 1. The minimum absolute atomic E-state index is 0.0207. The number of thioether (sulfide) groups is 1.